The van der Waals surface area contributed by atoms with Crippen molar-refractivity contribution in [3.8, 4) is 5.75 Å². The van der Waals surface area contributed by atoms with Crippen molar-refractivity contribution in [2.45, 2.75) is 4.83 Å². The zero-order chi connectivity index (χ0) is 14.0. The molecule has 0 amide bonds. The molecule has 0 radical (unpaired) electrons. The van der Waals surface area contributed by atoms with Gasteiger partial charge in [0.25, 0.3) is 0 Å². The molecule has 19 heavy (non-hydrogen) atoms. The van der Waals surface area contributed by atoms with Gasteiger partial charge in [-0.1, -0.05) is 39.7 Å². The Hall–Kier alpha value is -1.13. The van der Waals surface area contributed by atoms with E-state index in [0.29, 0.717) is 16.3 Å². The second kappa shape index (κ2) is 5.88. The van der Waals surface area contributed by atoms with Gasteiger partial charge >= 0.3 is 0 Å². The van der Waals surface area contributed by atoms with E-state index in [1.807, 2.05) is 0 Å². The molecule has 1 nitrogen and oxygen atoms in total. The summed E-state index contributed by atoms with van der Waals surface area (Å²) in [4.78, 5) is -0.614. The molecule has 0 N–H and O–H groups in total. The van der Waals surface area contributed by atoms with Crippen LogP contribution in [-0.4, -0.2) is 7.11 Å². The number of alkyl halides is 1. The van der Waals surface area contributed by atoms with Crippen LogP contribution in [0.2, 0.25) is 5.02 Å². The normalized spacial score (nSPS) is 12.3. The summed E-state index contributed by atoms with van der Waals surface area (Å²) < 4.78 is 32.4. The first-order valence-electron chi connectivity index (χ1n) is 5.46. The number of benzene rings is 2. The zero-order valence-corrected chi connectivity index (χ0v) is 12.3. The zero-order valence-electron chi connectivity index (χ0n) is 9.96. The summed E-state index contributed by atoms with van der Waals surface area (Å²) in [6, 6.07) is 8.75. The molecule has 1 atom stereocenters. The van der Waals surface area contributed by atoms with E-state index in [4.69, 9.17) is 16.3 Å². The van der Waals surface area contributed by atoms with Crippen LogP contribution < -0.4 is 4.74 Å². The van der Waals surface area contributed by atoms with Gasteiger partial charge in [-0.25, -0.2) is 8.78 Å². The molecule has 0 fully saturated rings. The largest absolute Gasteiger partial charge is 0.495 e. The van der Waals surface area contributed by atoms with Crippen LogP contribution in [0.5, 0.6) is 5.75 Å². The molecule has 100 valence electrons. The fourth-order valence-corrected chi connectivity index (χ4v) is 2.75. The molecule has 0 saturated carbocycles. The van der Waals surface area contributed by atoms with E-state index >= 15 is 0 Å². The molecular weight excluding hydrogens is 338 g/mol. The van der Waals surface area contributed by atoms with Crippen molar-refractivity contribution in [2.75, 3.05) is 7.11 Å². The molecule has 0 aliphatic rings. The third-order valence-electron chi connectivity index (χ3n) is 2.72. The summed E-state index contributed by atoms with van der Waals surface area (Å²) >= 11 is 9.30. The lowest BCUT2D eigenvalue weighted by atomic mass is 10.0. The third kappa shape index (κ3) is 2.90. The molecule has 1 unspecified atom stereocenters. The standard InChI is InChI=1S/C14H10BrClF2O/c1-19-12-6-5-8(7-9(12)16)14(15)13-10(17)3-2-4-11(13)18/h2-7,14H,1H3. The molecule has 2 aromatic rings. The van der Waals surface area contributed by atoms with Gasteiger partial charge in [0, 0.05) is 5.56 Å². The Morgan fingerprint density at radius 3 is 2.32 bits per heavy atom. The van der Waals surface area contributed by atoms with Gasteiger partial charge < -0.3 is 4.74 Å². The van der Waals surface area contributed by atoms with E-state index in [0.717, 1.165) is 0 Å². The second-order valence-electron chi connectivity index (χ2n) is 3.89. The van der Waals surface area contributed by atoms with Gasteiger partial charge in [0.2, 0.25) is 0 Å². The van der Waals surface area contributed by atoms with Crippen molar-refractivity contribution in [3.05, 3.63) is 64.2 Å². The van der Waals surface area contributed by atoms with E-state index in [-0.39, 0.29) is 5.56 Å². The van der Waals surface area contributed by atoms with Crippen LogP contribution in [-0.2, 0) is 0 Å². The number of hydrogen-bond donors (Lipinski definition) is 0. The number of hydrogen-bond acceptors (Lipinski definition) is 1. The first kappa shape index (κ1) is 14.3. The van der Waals surface area contributed by atoms with Gasteiger partial charge in [-0.05, 0) is 29.8 Å². The summed E-state index contributed by atoms with van der Waals surface area (Å²) in [7, 11) is 1.50. The Morgan fingerprint density at radius 1 is 1.16 bits per heavy atom. The molecule has 0 aromatic heterocycles. The smallest absolute Gasteiger partial charge is 0.137 e. The van der Waals surface area contributed by atoms with Gasteiger partial charge in [-0.3, -0.25) is 0 Å². The highest BCUT2D eigenvalue weighted by Gasteiger charge is 2.20. The van der Waals surface area contributed by atoms with E-state index in [9.17, 15) is 8.78 Å². The maximum atomic E-state index is 13.7. The monoisotopic (exact) mass is 346 g/mol. The van der Waals surface area contributed by atoms with Crippen LogP contribution in [0.15, 0.2) is 36.4 Å². The Balaban J connectivity index is 2.44. The Bertz CT molecular complexity index is 584. The van der Waals surface area contributed by atoms with E-state index in [1.165, 1.54) is 25.3 Å². The molecule has 2 aromatic carbocycles. The van der Waals surface area contributed by atoms with Crippen LogP contribution in [0.1, 0.15) is 16.0 Å². The summed E-state index contributed by atoms with van der Waals surface area (Å²) in [5.74, 6) is -0.693. The summed E-state index contributed by atoms with van der Waals surface area (Å²) in [6.07, 6.45) is 0. The van der Waals surface area contributed by atoms with Gasteiger partial charge in [-0.2, -0.15) is 0 Å². The lowest BCUT2D eigenvalue weighted by Gasteiger charge is -2.14. The maximum absolute atomic E-state index is 13.7. The molecular formula is C14H10BrClF2O. The first-order chi connectivity index (χ1) is 9.04. The fourth-order valence-electron chi connectivity index (χ4n) is 1.76. The van der Waals surface area contributed by atoms with Crippen molar-refractivity contribution in [3.63, 3.8) is 0 Å². The van der Waals surface area contributed by atoms with Gasteiger partial charge in [0.1, 0.15) is 17.4 Å². The molecule has 0 aliphatic heterocycles. The summed E-state index contributed by atoms with van der Waals surface area (Å²) in [5, 5.41) is 0.390. The van der Waals surface area contributed by atoms with Crippen LogP contribution in [0.4, 0.5) is 8.78 Å². The van der Waals surface area contributed by atoms with Crippen molar-refractivity contribution < 1.29 is 13.5 Å². The number of methoxy groups -OCH3 is 1. The SMILES string of the molecule is COc1ccc(C(Br)c2c(F)cccc2F)cc1Cl. The number of halogens is 4. The van der Waals surface area contributed by atoms with E-state index < -0.39 is 16.5 Å². The van der Waals surface area contributed by atoms with Crippen molar-refractivity contribution in [1.29, 1.82) is 0 Å². The van der Waals surface area contributed by atoms with Crippen LogP contribution in [0, 0.1) is 11.6 Å². The number of ether oxygens (including phenoxy) is 1. The van der Waals surface area contributed by atoms with Crippen molar-refractivity contribution >= 4 is 27.5 Å². The molecule has 0 heterocycles. The van der Waals surface area contributed by atoms with Gasteiger partial charge in [-0.15, -0.1) is 0 Å². The predicted octanol–water partition coefficient (Wildman–Crippen LogP) is 5.11. The van der Waals surface area contributed by atoms with Crippen LogP contribution >= 0.6 is 27.5 Å². The molecule has 2 rings (SSSR count). The van der Waals surface area contributed by atoms with Crippen molar-refractivity contribution in [1.82, 2.24) is 0 Å². The summed E-state index contributed by atoms with van der Waals surface area (Å²) in [5.41, 5.74) is 0.610. The number of rotatable bonds is 3. The van der Waals surface area contributed by atoms with Crippen molar-refractivity contribution in [2.24, 2.45) is 0 Å². The lowest BCUT2D eigenvalue weighted by molar-refractivity contribution is 0.415. The average Bonchev–Trinajstić information content (AvgIpc) is 2.38. The minimum atomic E-state index is -0.614. The highest BCUT2D eigenvalue weighted by Crippen LogP contribution is 2.37. The maximum Gasteiger partial charge on any atom is 0.137 e. The molecule has 0 spiro atoms. The Labute approximate surface area is 123 Å². The average molecular weight is 348 g/mol. The highest BCUT2D eigenvalue weighted by atomic mass is 79.9. The summed E-state index contributed by atoms with van der Waals surface area (Å²) in [6.45, 7) is 0. The topological polar surface area (TPSA) is 9.23 Å². The second-order valence-corrected chi connectivity index (χ2v) is 5.21. The van der Waals surface area contributed by atoms with Crippen LogP contribution in [0.25, 0.3) is 0 Å². The quantitative estimate of drug-likeness (QED) is 0.701. The highest BCUT2D eigenvalue weighted by molar-refractivity contribution is 9.09. The Morgan fingerprint density at radius 2 is 1.79 bits per heavy atom. The third-order valence-corrected chi connectivity index (χ3v) is 4.00. The minimum absolute atomic E-state index is 0.0382. The van der Waals surface area contributed by atoms with Gasteiger partial charge in [0.15, 0.2) is 0 Å². The first-order valence-corrected chi connectivity index (χ1v) is 6.75. The fraction of sp³-hybridized carbons (Fsp3) is 0.143. The lowest BCUT2D eigenvalue weighted by Crippen LogP contribution is -2.00. The minimum Gasteiger partial charge on any atom is -0.495 e. The predicted molar refractivity (Wildman–Crippen MR) is 75.1 cm³/mol. The molecule has 0 bridgehead atoms. The molecule has 5 heteroatoms. The van der Waals surface area contributed by atoms with E-state index in [1.54, 1.807) is 18.2 Å². The van der Waals surface area contributed by atoms with Crippen LogP contribution in [0.3, 0.4) is 0 Å². The van der Waals surface area contributed by atoms with Gasteiger partial charge in [0.05, 0.1) is 17.0 Å². The van der Waals surface area contributed by atoms with E-state index in [2.05, 4.69) is 15.9 Å². The Kier molecular flexibility index (Phi) is 4.42. The molecule has 0 saturated heterocycles. The molecule has 0 aliphatic carbocycles.